The second-order valence-electron chi connectivity index (χ2n) is 6.57. The van der Waals surface area contributed by atoms with Gasteiger partial charge in [0, 0.05) is 14.1 Å². The summed E-state index contributed by atoms with van der Waals surface area (Å²) in [4.78, 5) is 40.0. The van der Waals surface area contributed by atoms with Crippen molar-refractivity contribution in [2.45, 2.75) is 12.6 Å². The highest BCUT2D eigenvalue weighted by Crippen LogP contribution is 2.23. The van der Waals surface area contributed by atoms with Crippen molar-refractivity contribution in [1.82, 2.24) is 18.7 Å². The first kappa shape index (κ1) is 21.4. The third-order valence-corrected chi connectivity index (χ3v) is 4.72. The number of halogens is 1. The molecule has 160 valence electrons. The van der Waals surface area contributed by atoms with E-state index >= 15 is 0 Å². The summed E-state index contributed by atoms with van der Waals surface area (Å²) in [6, 6.07) is 6.76. The Labute approximate surface area is 174 Å². The zero-order valence-corrected chi connectivity index (χ0v) is 17.0. The van der Waals surface area contributed by atoms with E-state index in [1.165, 1.54) is 23.2 Å². The number of aliphatic hydroxyl groups is 1. The van der Waals surface area contributed by atoms with Crippen molar-refractivity contribution in [1.29, 1.82) is 0 Å². The zero-order valence-electron chi connectivity index (χ0n) is 16.2. The molecule has 0 radical (unpaired) electrons. The number of carboxylic acids is 1. The lowest BCUT2D eigenvalue weighted by molar-refractivity contribution is -0.134. The van der Waals surface area contributed by atoms with Crippen molar-refractivity contribution in [2.75, 3.05) is 18.5 Å². The van der Waals surface area contributed by atoms with Gasteiger partial charge in [0.1, 0.15) is 25.0 Å². The number of hydrogen-bond donors (Lipinski definition) is 3. The van der Waals surface area contributed by atoms with E-state index < -0.39 is 29.9 Å². The van der Waals surface area contributed by atoms with Crippen molar-refractivity contribution >= 4 is 34.7 Å². The van der Waals surface area contributed by atoms with Gasteiger partial charge in [-0.3, -0.25) is 18.7 Å². The molecule has 0 aliphatic rings. The number of rotatable bonds is 8. The Morgan fingerprint density at radius 1 is 1.27 bits per heavy atom. The lowest BCUT2D eigenvalue weighted by Crippen LogP contribution is -2.38. The van der Waals surface area contributed by atoms with Crippen molar-refractivity contribution in [2.24, 2.45) is 14.1 Å². The molecule has 0 aliphatic carbocycles. The molecule has 0 aliphatic heterocycles. The molecule has 0 bridgehead atoms. The summed E-state index contributed by atoms with van der Waals surface area (Å²) in [6.45, 7) is -0.756. The minimum atomic E-state index is -1.14. The number of hydrogen-bond acceptors (Lipinski definition) is 7. The molecule has 0 saturated carbocycles. The topological polar surface area (TPSA) is 141 Å². The van der Waals surface area contributed by atoms with E-state index in [0.717, 1.165) is 4.57 Å². The number of aliphatic hydroxyl groups excluding tert-OH is 1. The Balaban J connectivity index is 1.96. The molecule has 11 nitrogen and oxygen atoms in total. The number of nitrogens with zero attached hydrogens (tertiary/aromatic N) is 4. The number of anilines is 1. The maximum Gasteiger partial charge on any atom is 0.332 e. The molecule has 1 unspecified atom stereocenters. The van der Waals surface area contributed by atoms with Crippen LogP contribution in [0.2, 0.25) is 5.02 Å². The number of para-hydroxylation sites is 1. The van der Waals surface area contributed by atoms with Gasteiger partial charge in [0.2, 0.25) is 5.95 Å². The second-order valence-corrected chi connectivity index (χ2v) is 6.97. The van der Waals surface area contributed by atoms with Gasteiger partial charge >= 0.3 is 11.7 Å². The van der Waals surface area contributed by atoms with Gasteiger partial charge in [0.25, 0.3) is 5.56 Å². The highest BCUT2D eigenvalue weighted by molar-refractivity contribution is 6.32. The van der Waals surface area contributed by atoms with Gasteiger partial charge in [-0.25, -0.2) is 4.79 Å². The van der Waals surface area contributed by atoms with Crippen molar-refractivity contribution < 1.29 is 19.7 Å². The Morgan fingerprint density at radius 2 is 1.97 bits per heavy atom. The number of aromatic nitrogens is 4. The number of fused-ring (bicyclic) bond motifs is 1. The van der Waals surface area contributed by atoms with Crippen LogP contribution in [-0.4, -0.2) is 54.1 Å². The van der Waals surface area contributed by atoms with E-state index in [0.29, 0.717) is 10.8 Å². The van der Waals surface area contributed by atoms with Crippen molar-refractivity contribution in [3.8, 4) is 5.75 Å². The van der Waals surface area contributed by atoms with Crippen LogP contribution < -0.4 is 21.3 Å². The lowest BCUT2D eigenvalue weighted by Gasteiger charge is -2.16. The molecule has 3 aromatic rings. The van der Waals surface area contributed by atoms with Gasteiger partial charge in [-0.05, 0) is 12.1 Å². The third-order valence-electron chi connectivity index (χ3n) is 4.41. The summed E-state index contributed by atoms with van der Waals surface area (Å²) in [5, 5.41) is 22.4. The smallest absolute Gasteiger partial charge is 0.332 e. The molecule has 2 heterocycles. The number of aryl methyl sites for hydroxylation is 1. The number of benzene rings is 1. The average molecular weight is 438 g/mol. The molecule has 0 fully saturated rings. The van der Waals surface area contributed by atoms with Gasteiger partial charge in [-0.15, -0.1) is 0 Å². The summed E-state index contributed by atoms with van der Waals surface area (Å²) < 4.78 is 8.94. The van der Waals surface area contributed by atoms with Crippen LogP contribution in [0.3, 0.4) is 0 Å². The monoisotopic (exact) mass is 437 g/mol. The van der Waals surface area contributed by atoms with Gasteiger partial charge in [0.15, 0.2) is 11.2 Å². The first-order valence-corrected chi connectivity index (χ1v) is 9.25. The molecular formula is C18H20ClN5O6. The maximum absolute atomic E-state index is 12.7. The molecule has 3 N–H and O–H groups in total. The Morgan fingerprint density at radius 3 is 2.63 bits per heavy atom. The highest BCUT2D eigenvalue weighted by Gasteiger charge is 2.21. The fraction of sp³-hybridized carbons (Fsp3) is 0.333. The predicted molar refractivity (Wildman–Crippen MR) is 109 cm³/mol. The number of ether oxygens (including phenoxy) is 1. The van der Waals surface area contributed by atoms with Crippen molar-refractivity contribution in [3.63, 3.8) is 0 Å². The Hall–Kier alpha value is -3.31. The van der Waals surface area contributed by atoms with E-state index in [-0.39, 0.29) is 30.3 Å². The molecule has 1 atom stereocenters. The van der Waals surface area contributed by atoms with Crippen LogP contribution in [0.25, 0.3) is 11.2 Å². The van der Waals surface area contributed by atoms with Crippen molar-refractivity contribution in [3.05, 3.63) is 50.1 Å². The van der Waals surface area contributed by atoms with E-state index in [9.17, 15) is 19.5 Å². The molecule has 3 rings (SSSR count). The third kappa shape index (κ3) is 4.16. The molecular weight excluding hydrogens is 418 g/mol. The minimum Gasteiger partial charge on any atom is -0.489 e. The second kappa shape index (κ2) is 8.59. The van der Waals surface area contributed by atoms with Crippen LogP contribution in [0.4, 0.5) is 5.95 Å². The number of imidazole rings is 1. The minimum absolute atomic E-state index is 0.0301. The zero-order chi connectivity index (χ0) is 22.0. The summed E-state index contributed by atoms with van der Waals surface area (Å²) in [5.74, 6) is -0.725. The van der Waals surface area contributed by atoms with Gasteiger partial charge in [-0.1, -0.05) is 23.7 Å². The molecule has 30 heavy (non-hydrogen) atoms. The Kier molecular flexibility index (Phi) is 6.13. The van der Waals surface area contributed by atoms with E-state index in [4.69, 9.17) is 21.4 Å². The summed E-state index contributed by atoms with van der Waals surface area (Å²) in [5.41, 5.74) is -1.09. The van der Waals surface area contributed by atoms with Crippen LogP contribution in [0.5, 0.6) is 5.75 Å². The fourth-order valence-corrected chi connectivity index (χ4v) is 3.12. The van der Waals surface area contributed by atoms with Crippen LogP contribution in [0, 0.1) is 0 Å². The van der Waals surface area contributed by atoms with Crippen LogP contribution in [0.15, 0.2) is 33.9 Å². The first-order chi connectivity index (χ1) is 14.2. The summed E-state index contributed by atoms with van der Waals surface area (Å²) in [6.07, 6.45) is -1.09. The molecule has 0 spiro atoms. The molecule has 1 aromatic carbocycles. The van der Waals surface area contributed by atoms with Gasteiger partial charge < -0.3 is 24.8 Å². The van der Waals surface area contributed by atoms with Crippen LogP contribution in [0.1, 0.15) is 0 Å². The first-order valence-electron chi connectivity index (χ1n) is 8.88. The van der Waals surface area contributed by atoms with Gasteiger partial charge in [0.05, 0.1) is 11.6 Å². The van der Waals surface area contributed by atoms with Gasteiger partial charge in [-0.2, -0.15) is 4.98 Å². The highest BCUT2D eigenvalue weighted by atomic mass is 35.5. The average Bonchev–Trinajstić information content (AvgIpc) is 3.06. The normalized spacial score (nSPS) is 12.1. The lowest BCUT2D eigenvalue weighted by atomic mass is 10.3. The summed E-state index contributed by atoms with van der Waals surface area (Å²) in [7, 11) is 2.77. The standard InChI is InChI=1S/C18H20ClN5O6/c1-22-15-14(16(28)23(2)18(22)29)24(17(21-15)20-7-13(26)27)8-10(25)9-30-12-6-4-3-5-11(12)19/h3-6,10,25H,7-9H2,1-2H3,(H,20,21)(H,26,27). The Bertz CT molecular complexity index is 1210. The molecule has 2 aromatic heterocycles. The fourth-order valence-electron chi connectivity index (χ4n) is 2.93. The summed E-state index contributed by atoms with van der Waals surface area (Å²) >= 11 is 6.03. The van der Waals surface area contributed by atoms with Crippen LogP contribution in [-0.2, 0) is 25.4 Å². The van der Waals surface area contributed by atoms with E-state index in [2.05, 4.69) is 10.3 Å². The van der Waals surface area contributed by atoms with Crippen LogP contribution >= 0.6 is 11.6 Å². The molecule has 12 heteroatoms. The number of carbonyl (C=O) groups is 1. The SMILES string of the molecule is Cn1c(=O)c2c(nc(NCC(=O)O)n2CC(O)COc2ccccc2Cl)n(C)c1=O. The molecule has 0 saturated heterocycles. The maximum atomic E-state index is 12.7. The quantitative estimate of drug-likeness (QED) is 0.448. The number of aliphatic carboxylic acids is 1. The predicted octanol–water partition coefficient (Wildman–Crippen LogP) is 0.0235. The number of nitrogens with one attached hydrogen (secondary N) is 1. The number of carboxylic acid groups (broad SMARTS) is 1. The van der Waals surface area contributed by atoms with E-state index in [1.54, 1.807) is 24.3 Å². The largest absolute Gasteiger partial charge is 0.489 e. The van der Waals surface area contributed by atoms with E-state index in [1.807, 2.05) is 0 Å². The molecule has 0 amide bonds.